The molecule has 0 radical (unpaired) electrons. The first-order valence-electron chi connectivity index (χ1n) is 7.91. The predicted octanol–water partition coefficient (Wildman–Crippen LogP) is 4.81. The smallest absolute Gasteiger partial charge is 0.132 e. The van der Waals surface area contributed by atoms with Crippen LogP contribution in [-0.4, -0.2) is 39.4 Å². The summed E-state index contributed by atoms with van der Waals surface area (Å²) < 4.78 is 0. The largest absolute Gasteiger partial charge is 0.361 e. The van der Waals surface area contributed by atoms with Gasteiger partial charge >= 0.3 is 0 Å². The maximum absolute atomic E-state index is 11.8. The Morgan fingerprint density at radius 3 is 2.73 bits per heavy atom. The van der Waals surface area contributed by atoms with Crippen molar-refractivity contribution in [2.24, 2.45) is 5.92 Å². The van der Waals surface area contributed by atoms with Crippen LogP contribution in [0.4, 0.5) is 0 Å². The van der Waals surface area contributed by atoms with Gasteiger partial charge in [0.2, 0.25) is 0 Å². The summed E-state index contributed by atoms with van der Waals surface area (Å²) in [6.07, 6.45) is 6.27. The van der Waals surface area contributed by atoms with Crippen molar-refractivity contribution in [3.05, 3.63) is 11.0 Å². The zero-order chi connectivity index (χ0) is 16.8. The van der Waals surface area contributed by atoms with Gasteiger partial charge in [-0.15, -0.1) is 11.8 Å². The van der Waals surface area contributed by atoms with E-state index >= 15 is 0 Å². The minimum absolute atomic E-state index is 0.117. The van der Waals surface area contributed by atoms with Crippen LogP contribution in [0.5, 0.6) is 0 Å². The van der Waals surface area contributed by atoms with Gasteiger partial charge in [0.15, 0.2) is 0 Å². The molecule has 0 aliphatic carbocycles. The highest BCUT2D eigenvalue weighted by molar-refractivity contribution is 8.03. The van der Waals surface area contributed by atoms with Crippen molar-refractivity contribution in [1.82, 2.24) is 4.90 Å². The fraction of sp³-hybridized carbons (Fsp3) is 0.706. The summed E-state index contributed by atoms with van der Waals surface area (Å²) >= 11 is 12.6. The van der Waals surface area contributed by atoms with Crippen LogP contribution >= 0.6 is 36.2 Å². The molecule has 1 aliphatic rings. The molecule has 0 aromatic rings. The first-order valence-corrected chi connectivity index (χ1v) is 9.77. The van der Waals surface area contributed by atoms with Crippen LogP contribution in [0, 0.1) is 5.92 Å². The van der Waals surface area contributed by atoms with Crippen molar-refractivity contribution in [2.45, 2.75) is 58.4 Å². The van der Waals surface area contributed by atoms with E-state index in [9.17, 15) is 4.79 Å². The third-order valence-corrected chi connectivity index (χ3v) is 6.19. The van der Waals surface area contributed by atoms with E-state index in [2.05, 4.69) is 24.8 Å². The highest BCUT2D eigenvalue weighted by atomic mass is 32.2. The third kappa shape index (κ3) is 5.74. The lowest BCUT2D eigenvalue weighted by Crippen LogP contribution is -2.44. The average Bonchev–Trinajstić information content (AvgIpc) is 2.91. The Hall–Kier alpha value is -0.260. The molecule has 0 aromatic carbocycles. The number of nitrogens with zero attached hydrogens (tertiary/aromatic N) is 1. The van der Waals surface area contributed by atoms with Crippen LogP contribution < -0.4 is 0 Å². The number of ketones is 1. The van der Waals surface area contributed by atoms with Crippen LogP contribution in [0.25, 0.3) is 0 Å². The van der Waals surface area contributed by atoms with Gasteiger partial charge in [0.1, 0.15) is 10.8 Å². The van der Waals surface area contributed by atoms with E-state index in [1.54, 1.807) is 0 Å². The zero-order valence-corrected chi connectivity index (χ0v) is 16.5. The second kappa shape index (κ2) is 9.14. The van der Waals surface area contributed by atoms with Crippen LogP contribution in [0.2, 0.25) is 0 Å². The first-order chi connectivity index (χ1) is 10.3. The van der Waals surface area contributed by atoms with E-state index in [-0.39, 0.29) is 5.54 Å². The number of hydrogen-bond donors (Lipinski definition) is 0. The van der Waals surface area contributed by atoms with E-state index in [1.807, 2.05) is 31.1 Å². The van der Waals surface area contributed by atoms with Crippen LogP contribution in [-0.2, 0) is 4.79 Å². The number of allylic oxidation sites excluding steroid dienone is 1. The van der Waals surface area contributed by atoms with E-state index in [4.69, 9.17) is 24.4 Å². The zero-order valence-electron chi connectivity index (χ0n) is 14.1. The highest BCUT2D eigenvalue weighted by Gasteiger charge is 2.27. The summed E-state index contributed by atoms with van der Waals surface area (Å²) in [5.74, 6) is 1.84. The Morgan fingerprint density at radius 1 is 1.45 bits per heavy atom. The van der Waals surface area contributed by atoms with Gasteiger partial charge in [-0.2, -0.15) is 0 Å². The number of rotatable bonds is 8. The van der Waals surface area contributed by atoms with E-state index in [1.165, 1.54) is 4.91 Å². The lowest BCUT2D eigenvalue weighted by Gasteiger charge is -2.37. The molecule has 1 aliphatic heterocycles. The molecule has 0 N–H and O–H groups in total. The number of thioether (sulfide) groups is 1. The molecular formula is C17H27NOS3. The van der Waals surface area contributed by atoms with Crippen LogP contribution in [0.1, 0.15) is 52.9 Å². The summed E-state index contributed by atoms with van der Waals surface area (Å²) in [6, 6.07) is 0. The molecule has 0 aromatic heterocycles. The summed E-state index contributed by atoms with van der Waals surface area (Å²) in [7, 11) is 2.02. The Labute approximate surface area is 150 Å². The maximum Gasteiger partial charge on any atom is 0.132 e. The molecule has 124 valence electrons. The molecule has 2 nitrogen and oxygen atoms in total. The number of likely N-dealkylation sites (N-methyl/N-ethyl adjacent to an activating group) is 1. The molecule has 1 saturated heterocycles. The lowest BCUT2D eigenvalue weighted by atomic mass is 9.94. The number of carbonyl (C=O) groups excluding carboxylic acids is 1. The Balaban J connectivity index is 2.65. The van der Waals surface area contributed by atoms with Crippen molar-refractivity contribution in [3.8, 4) is 0 Å². The molecule has 1 atom stereocenters. The molecule has 1 heterocycles. The van der Waals surface area contributed by atoms with Crippen LogP contribution in [0.3, 0.4) is 0 Å². The Kier molecular flexibility index (Phi) is 8.22. The molecule has 0 bridgehead atoms. The molecular weight excluding hydrogens is 330 g/mol. The number of carbonyl (C=O) groups is 1. The first kappa shape index (κ1) is 19.8. The van der Waals surface area contributed by atoms with Gasteiger partial charge < -0.3 is 4.90 Å². The van der Waals surface area contributed by atoms with Crippen molar-refractivity contribution >= 4 is 52.3 Å². The average molecular weight is 358 g/mol. The SMILES string of the molecule is CCCC(=O)CCC(C)(C)N(C)C(=S)/C=C1/SCCC1C=S. The topological polar surface area (TPSA) is 20.3 Å². The van der Waals surface area contributed by atoms with Gasteiger partial charge in [0.25, 0.3) is 0 Å². The van der Waals surface area contributed by atoms with E-state index in [0.29, 0.717) is 24.5 Å². The normalized spacial score (nSPS) is 20.2. The summed E-state index contributed by atoms with van der Waals surface area (Å²) in [5, 5.41) is 1.85. The molecule has 1 fully saturated rings. The molecule has 22 heavy (non-hydrogen) atoms. The van der Waals surface area contributed by atoms with Crippen molar-refractivity contribution in [2.75, 3.05) is 12.8 Å². The second-order valence-corrected chi connectivity index (χ2v) is 8.28. The standard InChI is InChI=1S/C17H27NOS3/c1-5-6-14(19)7-9-17(2,3)18(4)16(21)11-15-13(12-20)8-10-22-15/h11-13H,5-10H2,1-4H3/b15-11+. The van der Waals surface area contributed by atoms with Gasteiger partial charge in [-0.3, -0.25) is 4.79 Å². The monoisotopic (exact) mass is 357 g/mol. The summed E-state index contributed by atoms with van der Waals surface area (Å²) in [5.41, 5.74) is -0.117. The number of thiocarbonyl (C=S) groups is 2. The third-order valence-electron chi connectivity index (χ3n) is 4.28. The van der Waals surface area contributed by atoms with Gasteiger partial charge in [0.05, 0.1) is 0 Å². The Bertz CT molecular complexity index is 457. The lowest BCUT2D eigenvalue weighted by molar-refractivity contribution is -0.119. The van der Waals surface area contributed by atoms with Gasteiger partial charge in [-0.25, -0.2) is 0 Å². The molecule has 1 unspecified atom stereocenters. The van der Waals surface area contributed by atoms with Crippen molar-refractivity contribution in [3.63, 3.8) is 0 Å². The van der Waals surface area contributed by atoms with E-state index < -0.39 is 0 Å². The predicted molar refractivity (Wildman–Crippen MR) is 106 cm³/mol. The Morgan fingerprint density at radius 2 is 2.14 bits per heavy atom. The quantitative estimate of drug-likeness (QED) is 0.457. The molecule has 1 rings (SSSR count). The number of Topliss-reactive ketones (excluding diaryl/α,β-unsaturated/α-hetero) is 1. The van der Waals surface area contributed by atoms with Crippen molar-refractivity contribution in [1.29, 1.82) is 0 Å². The molecule has 0 spiro atoms. The minimum atomic E-state index is -0.117. The summed E-state index contributed by atoms with van der Waals surface area (Å²) in [4.78, 5) is 16.0. The minimum Gasteiger partial charge on any atom is -0.361 e. The number of hydrogen-bond acceptors (Lipinski definition) is 4. The highest BCUT2D eigenvalue weighted by Crippen LogP contribution is 2.35. The summed E-state index contributed by atoms with van der Waals surface area (Å²) in [6.45, 7) is 6.34. The van der Waals surface area contributed by atoms with E-state index in [0.717, 1.165) is 30.0 Å². The second-order valence-electron chi connectivity index (χ2n) is 6.42. The van der Waals surface area contributed by atoms with Gasteiger partial charge in [-0.05, 0) is 55.2 Å². The van der Waals surface area contributed by atoms with Gasteiger partial charge in [-0.1, -0.05) is 31.4 Å². The fourth-order valence-corrected chi connectivity index (χ4v) is 4.39. The maximum atomic E-state index is 11.8. The fourth-order valence-electron chi connectivity index (χ4n) is 2.37. The molecule has 5 heteroatoms. The molecule has 0 saturated carbocycles. The van der Waals surface area contributed by atoms with Gasteiger partial charge in [0, 0.05) is 31.3 Å². The van der Waals surface area contributed by atoms with Crippen LogP contribution in [0.15, 0.2) is 11.0 Å². The van der Waals surface area contributed by atoms with Crippen molar-refractivity contribution < 1.29 is 4.79 Å². The molecule has 0 amide bonds.